The maximum atomic E-state index is 12.8. The van der Waals surface area contributed by atoms with Crippen molar-refractivity contribution in [3.8, 4) is 5.75 Å². The van der Waals surface area contributed by atoms with Crippen molar-refractivity contribution in [3.63, 3.8) is 0 Å². The predicted octanol–water partition coefficient (Wildman–Crippen LogP) is 1.17. The van der Waals surface area contributed by atoms with Gasteiger partial charge in [0.2, 0.25) is 0 Å². The highest BCUT2D eigenvalue weighted by Crippen LogP contribution is 2.34. The molecule has 1 aliphatic carbocycles. The van der Waals surface area contributed by atoms with Crippen LogP contribution in [0.1, 0.15) is 32.1 Å². The van der Waals surface area contributed by atoms with Crippen molar-refractivity contribution in [1.82, 2.24) is 9.19 Å². The minimum Gasteiger partial charge on any atom is -0.497 e. The third kappa shape index (κ3) is 3.42. The van der Waals surface area contributed by atoms with Gasteiger partial charge in [-0.15, -0.1) is 4.28 Å². The molecule has 8 nitrogen and oxygen atoms in total. The van der Waals surface area contributed by atoms with Gasteiger partial charge >= 0.3 is 10.3 Å². The van der Waals surface area contributed by atoms with Crippen molar-refractivity contribution in [2.45, 2.75) is 42.5 Å². The largest absolute Gasteiger partial charge is 0.497 e. The molecule has 3 rings (SSSR count). The van der Waals surface area contributed by atoms with Crippen LogP contribution in [0.2, 0.25) is 0 Å². The summed E-state index contributed by atoms with van der Waals surface area (Å²) in [6.45, 7) is -0.0411. The van der Waals surface area contributed by atoms with Crippen LogP contribution in [0.5, 0.6) is 5.75 Å². The lowest BCUT2D eigenvalue weighted by atomic mass is 9.83. The Hall–Kier alpha value is -1.20. The molecule has 24 heavy (non-hydrogen) atoms. The van der Waals surface area contributed by atoms with Crippen LogP contribution in [0.25, 0.3) is 0 Å². The van der Waals surface area contributed by atoms with Gasteiger partial charge in [-0.3, -0.25) is 0 Å². The zero-order valence-corrected chi connectivity index (χ0v) is 14.9. The number of ether oxygens (including phenoxy) is 1. The minimum atomic E-state index is -4.17. The quantitative estimate of drug-likeness (QED) is 0.850. The minimum absolute atomic E-state index is 0.0411. The first kappa shape index (κ1) is 17.6. The molecule has 2 fully saturated rings. The number of rotatable bonds is 3. The number of methoxy groups -OCH3 is 1. The number of nitrogens with zero attached hydrogens (tertiary/aromatic N) is 1. The Morgan fingerprint density at radius 3 is 2.38 bits per heavy atom. The van der Waals surface area contributed by atoms with Crippen LogP contribution < -0.4 is 9.46 Å². The van der Waals surface area contributed by atoms with Gasteiger partial charge in [-0.25, -0.2) is 8.42 Å². The highest BCUT2D eigenvalue weighted by atomic mass is 32.2. The fourth-order valence-corrected chi connectivity index (χ4v) is 5.98. The zero-order valence-electron chi connectivity index (χ0n) is 13.3. The average molecular weight is 376 g/mol. The summed E-state index contributed by atoms with van der Waals surface area (Å²) in [5, 5.41) is 0. The molecule has 1 aliphatic heterocycles. The number of hydrogen-bond donors (Lipinski definition) is 1. The van der Waals surface area contributed by atoms with E-state index in [9.17, 15) is 16.8 Å². The molecule has 1 aromatic carbocycles. The van der Waals surface area contributed by atoms with Crippen LogP contribution in [0.15, 0.2) is 29.2 Å². The summed E-state index contributed by atoms with van der Waals surface area (Å²) in [7, 11) is -6.79. The maximum Gasteiger partial charge on any atom is 0.353 e. The Morgan fingerprint density at radius 2 is 1.79 bits per heavy atom. The van der Waals surface area contributed by atoms with Crippen LogP contribution >= 0.6 is 0 Å². The molecular weight excluding hydrogens is 356 g/mol. The predicted molar refractivity (Wildman–Crippen MR) is 85.8 cm³/mol. The molecule has 1 saturated carbocycles. The highest BCUT2D eigenvalue weighted by Gasteiger charge is 2.47. The third-order valence-corrected chi connectivity index (χ3v) is 7.15. The topological polar surface area (TPSA) is 102 Å². The van der Waals surface area contributed by atoms with Gasteiger partial charge in [-0.1, -0.05) is 23.7 Å². The summed E-state index contributed by atoms with van der Waals surface area (Å²) in [4.78, 5) is -0.0497. The fourth-order valence-electron chi connectivity index (χ4n) is 3.18. The van der Waals surface area contributed by atoms with Gasteiger partial charge in [0.1, 0.15) is 5.75 Å². The fraction of sp³-hybridized carbons (Fsp3) is 0.571. The molecular formula is C14H20N2O6S2. The lowest BCUT2D eigenvalue weighted by Crippen LogP contribution is -2.63. The summed E-state index contributed by atoms with van der Waals surface area (Å²) in [5.41, 5.74) is -0.797. The summed E-state index contributed by atoms with van der Waals surface area (Å²) in [5.74, 6) is 0.506. The molecule has 2 aliphatic rings. The molecule has 1 saturated heterocycles. The van der Waals surface area contributed by atoms with Crippen LogP contribution in [0.4, 0.5) is 0 Å². The van der Waals surface area contributed by atoms with Crippen LogP contribution in [0, 0.1) is 0 Å². The standard InChI is InChI=1S/C14H20N2O6S2/c1-21-12-5-7-13(8-6-12)23(17,18)16-11-14(9-3-2-4-10-14)15-24(19,20)22-16/h5-8,15H,2-4,9-11H2,1H3. The Balaban J connectivity index is 1.93. The van der Waals surface area contributed by atoms with Gasteiger partial charge in [0, 0.05) is 0 Å². The molecule has 0 atom stereocenters. The second kappa shape index (κ2) is 6.26. The first-order valence-corrected chi connectivity index (χ1v) is 10.5. The van der Waals surface area contributed by atoms with E-state index in [4.69, 9.17) is 9.02 Å². The maximum absolute atomic E-state index is 12.8. The molecule has 1 N–H and O–H groups in total. The van der Waals surface area contributed by atoms with E-state index in [-0.39, 0.29) is 11.4 Å². The summed E-state index contributed by atoms with van der Waals surface area (Å²) in [6, 6.07) is 5.72. The van der Waals surface area contributed by atoms with Crippen LogP contribution in [-0.4, -0.2) is 40.5 Å². The van der Waals surface area contributed by atoms with E-state index in [0.29, 0.717) is 23.1 Å². The van der Waals surface area contributed by atoms with Gasteiger partial charge in [-0.05, 0) is 37.1 Å². The van der Waals surface area contributed by atoms with Gasteiger partial charge < -0.3 is 4.74 Å². The van der Waals surface area contributed by atoms with E-state index in [1.807, 2.05) is 0 Å². The number of benzene rings is 1. The first-order valence-electron chi connectivity index (χ1n) is 7.67. The number of hydroxylamine groups is 1. The second-order valence-corrected chi connectivity index (χ2v) is 9.20. The average Bonchev–Trinajstić information content (AvgIpc) is 2.54. The molecule has 0 radical (unpaired) electrons. The van der Waals surface area contributed by atoms with E-state index < -0.39 is 25.9 Å². The monoisotopic (exact) mass is 376 g/mol. The summed E-state index contributed by atoms with van der Waals surface area (Å²) >= 11 is 0. The highest BCUT2D eigenvalue weighted by molar-refractivity contribution is 7.90. The van der Waals surface area contributed by atoms with Crippen molar-refractivity contribution < 1.29 is 25.9 Å². The Bertz CT molecular complexity index is 798. The number of hydrogen-bond acceptors (Lipinski definition) is 6. The van der Waals surface area contributed by atoms with Crippen molar-refractivity contribution in [2.75, 3.05) is 13.7 Å². The molecule has 134 valence electrons. The molecule has 10 heteroatoms. The molecule has 0 unspecified atom stereocenters. The van der Waals surface area contributed by atoms with Gasteiger partial charge in [0.15, 0.2) is 0 Å². The van der Waals surface area contributed by atoms with E-state index in [1.54, 1.807) is 0 Å². The molecule has 0 aromatic heterocycles. The number of nitrogens with one attached hydrogen (secondary N) is 1. The van der Waals surface area contributed by atoms with Gasteiger partial charge in [-0.2, -0.15) is 13.1 Å². The van der Waals surface area contributed by atoms with E-state index in [2.05, 4.69) is 4.72 Å². The second-order valence-electron chi connectivity index (χ2n) is 6.11. The molecule has 1 aromatic rings. The normalized spacial score (nSPS) is 23.9. The summed E-state index contributed by atoms with van der Waals surface area (Å²) < 4.78 is 62.5. The van der Waals surface area contributed by atoms with Crippen molar-refractivity contribution in [3.05, 3.63) is 24.3 Å². The Kier molecular flexibility index (Phi) is 4.60. The SMILES string of the molecule is COc1ccc(S(=O)(=O)N2CC3(CCCCC3)NS(=O)(=O)O2)cc1. The molecule has 0 bridgehead atoms. The lowest BCUT2D eigenvalue weighted by Gasteiger charge is -2.43. The van der Waals surface area contributed by atoms with Crippen molar-refractivity contribution in [2.24, 2.45) is 0 Å². The Labute approximate surface area is 142 Å². The molecule has 1 heterocycles. The van der Waals surface area contributed by atoms with Gasteiger partial charge in [0.25, 0.3) is 10.0 Å². The Morgan fingerprint density at radius 1 is 1.17 bits per heavy atom. The van der Waals surface area contributed by atoms with Crippen molar-refractivity contribution in [1.29, 1.82) is 0 Å². The molecule has 1 spiro atoms. The van der Waals surface area contributed by atoms with E-state index in [0.717, 1.165) is 19.3 Å². The molecule has 0 amide bonds. The van der Waals surface area contributed by atoms with E-state index in [1.165, 1.54) is 31.4 Å². The first-order chi connectivity index (χ1) is 11.3. The third-order valence-electron chi connectivity index (χ3n) is 4.39. The van der Waals surface area contributed by atoms with Crippen molar-refractivity contribution >= 4 is 20.3 Å². The smallest absolute Gasteiger partial charge is 0.353 e. The van der Waals surface area contributed by atoms with Gasteiger partial charge in [0.05, 0.1) is 24.1 Å². The van der Waals surface area contributed by atoms with Crippen LogP contribution in [0.3, 0.4) is 0 Å². The zero-order chi connectivity index (χ0) is 17.4. The summed E-state index contributed by atoms with van der Waals surface area (Å²) in [6.07, 6.45) is 3.88. The number of sulfonamides is 1. The lowest BCUT2D eigenvalue weighted by molar-refractivity contribution is -0.0147. The van der Waals surface area contributed by atoms with E-state index >= 15 is 0 Å². The van der Waals surface area contributed by atoms with Crippen LogP contribution in [-0.2, 0) is 24.6 Å².